The highest BCUT2D eigenvalue weighted by Crippen LogP contribution is 2.17. The van der Waals surface area contributed by atoms with Gasteiger partial charge >= 0.3 is 0 Å². The first-order valence-electron chi connectivity index (χ1n) is 5.43. The van der Waals surface area contributed by atoms with Crippen LogP contribution in [-0.4, -0.2) is 24.1 Å². The van der Waals surface area contributed by atoms with Gasteiger partial charge < -0.3 is 10.1 Å². The summed E-state index contributed by atoms with van der Waals surface area (Å²) >= 11 is 0. The van der Waals surface area contributed by atoms with Crippen molar-refractivity contribution in [3.05, 3.63) is 42.1 Å². The van der Waals surface area contributed by atoms with E-state index in [0.29, 0.717) is 12.4 Å². The normalized spacial score (nSPS) is 10.2. The lowest BCUT2D eigenvalue weighted by Crippen LogP contribution is -2.01. The topological polar surface area (TPSA) is 47.0 Å². The van der Waals surface area contributed by atoms with Crippen LogP contribution in [0.3, 0.4) is 0 Å². The molecule has 0 radical (unpaired) electrons. The van der Waals surface area contributed by atoms with Crippen molar-refractivity contribution in [1.82, 2.24) is 9.97 Å². The molecule has 17 heavy (non-hydrogen) atoms. The van der Waals surface area contributed by atoms with Gasteiger partial charge in [-0.3, -0.25) is 0 Å². The van der Waals surface area contributed by atoms with Crippen LogP contribution in [0.5, 0.6) is 0 Å². The second kappa shape index (κ2) is 5.41. The minimum Gasteiger partial charge on any atom is -0.378 e. The molecular weight excluding hydrogens is 214 g/mol. The van der Waals surface area contributed by atoms with Crippen LogP contribution >= 0.6 is 0 Å². The number of benzene rings is 1. The molecule has 0 unspecified atom stereocenters. The lowest BCUT2D eigenvalue weighted by Gasteiger charge is -2.07. The summed E-state index contributed by atoms with van der Waals surface area (Å²) in [7, 11) is 3.50. The molecule has 2 rings (SSSR count). The van der Waals surface area contributed by atoms with Crippen molar-refractivity contribution in [3.8, 4) is 11.4 Å². The number of nitrogens with one attached hydrogen (secondary N) is 1. The number of rotatable bonds is 4. The summed E-state index contributed by atoms with van der Waals surface area (Å²) in [4.78, 5) is 8.89. The van der Waals surface area contributed by atoms with Gasteiger partial charge in [-0.05, 0) is 0 Å². The molecule has 1 aromatic carbocycles. The Morgan fingerprint density at radius 2 is 1.94 bits per heavy atom. The maximum atomic E-state index is 5.10. The second-order valence-corrected chi connectivity index (χ2v) is 3.62. The minimum atomic E-state index is 0.483. The van der Waals surface area contributed by atoms with Gasteiger partial charge in [0.2, 0.25) is 0 Å². The van der Waals surface area contributed by atoms with Gasteiger partial charge in [0.15, 0.2) is 5.82 Å². The predicted molar refractivity (Wildman–Crippen MR) is 67.7 cm³/mol. The third kappa shape index (κ3) is 2.79. The summed E-state index contributed by atoms with van der Waals surface area (Å²) in [5.74, 6) is 1.51. The molecule has 4 heteroatoms. The molecule has 1 N–H and O–H groups in total. The highest BCUT2D eigenvalue weighted by atomic mass is 16.5. The summed E-state index contributed by atoms with van der Waals surface area (Å²) in [5, 5.41) is 3.03. The van der Waals surface area contributed by atoms with Crippen molar-refractivity contribution in [1.29, 1.82) is 0 Å². The van der Waals surface area contributed by atoms with Crippen LogP contribution in [0.25, 0.3) is 11.4 Å². The van der Waals surface area contributed by atoms with Crippen LogP contribution in [0.15, 0.2) is 36.4 Å². The zero-order valence-electron chi connectivity index (χ0n) is 9.97. The van der Waals surface area contributed by atoms with Crippen LogP contribution in [0, 0.1) is 0 Å². The highest BCUT2D eigenvalue weighted by molar-refractivity contribution is 5.57. The zero-order chi connectivity index (χ0) is 12.1. The quantitative estimate of drug-likeness (QED) is 0.874. The Labute approximate surface area is 101 Å². The Hall–Kier alpha value is -1.94. The molecule has 1 heterocycles. The van der Waals surface area contributed by atoms with Crippen LogP contribution in [0.4, 0.5) is 5.82 Å². The third-order valence-electron chi connectivity index (χ3n) is 2.36. The molecule has 0 aliphatic heterocycles. The SMILES string of the molecule is CNc1cc(COC)nc(-c2ccccc2)n1. The number of hydrogen-bond donors (Lipinski definition) is 1. The Morgan fingerprint density at radius 3 is 2.59 bits per heavy atom. The van der Waals surface area contributed by atoms with Crippen LogP contribution in [0.1, 0.15) is 5.69 Å². The van der Waals surface area contributed by atoms with Gasteiger partial charge in [-0.25, -0.2) is 9.97 Å². The predicted octanol–water partition coefficient (Wildman–Crippen LogP) is 2.33. The fraction of sp³-hybridized carbons (Fsp3) is 0.231. The molecule has 2 aromatic rings. The van der Waals surface area contributed by atoms with Crippen LogP contribution < -0.4 is 5.32 Å². The van der Waals surface area contributed by atoms with E-state index in [9.17, 15) is 0 Å². The van der Waals surface area contributed by atoms with Gasteiger partial charge in [-0.2, -0.15) is 0 Å². The number of aromatic nitrogens is 2. The van der Waals surface area contributed by atoms with E-state index in [1.807, 2.05) is 43.4 Å². The van der Waals surface area contributed by atoms with E-state index in [-0.39, 0.29) is 0 Å². The molecule has 88 valence electrons. The summed E-state index contributed by atoms with van der Waals surface area (Å²) in [6.07, 6.45) is 0. The molecule has 0 atom stereocenters. The van der Waals surface area contributed by atoms with E-state index in [4.69, 9.17) is 4.74 Å². The van der Waals surface area contributed by atoms with E-state index in [1.165, 1.54) is 0 Å². The zero-order valence-corrected chi connectivity index (χ0v) is 9.97. The Balaban J connectivity index is 2.43. The van der Waals surface area contributed by atoms with Crippen molar-refractivity contribution < 1.29 is 4.74 Å². The average Bonchev–Trinajstić information content (AvgIpc) is 2.40. The van der Waals surface area contributed by atoms with E-state index in [0.717, 1.165) is 17.1 Å². The van der Waals surface area contributed by atoms with Gasteiger partial charge in [0.05, 0.1) is 12.3 Å². The molecule has 0 spiro atoms. The minimum absolute atomic E-state index is 0.483. The molecule has 0 fully saturated rings. The number of anilines is 1. The highest BCUT2D eigenvalue weighted by Gasteiger charge is 2.05. The van der Waals surface area contributed by atoms with Gasteiger partial charge in [0.25, 0.3) is 0 Å². The van der Waals surface area contributed by atoms with E-state index in [2.05, 4.69) is 15.3 Å². The maximum Gasteiger partial charge on any atom is 0.161 e. The Morgan fingerprint density at radius 1 is 1.18 bits per heavy atom. The molecular formula is C13H15N3O. The summed E-state index contributed by atoms with van der Waals surface area (Å²) in [6, 6.07) is 11.8. The molecule has 0 saturated carbocycles. The van der Waals surface area contributed by atoms with Crippen molar-refractivity contribution in [2.45, 2.75) is 6.61 Å². The monoisotopic (exact) mass is 229 g/mol. The van der Waals surface area contributed by atoms with E-state index < -0.39 is 0 Å². The second-order valence-electron chi connectivity index (χ2n) is 3.62. The van der Waals surface area contributed by atoms with Crippen molar-refractivity contribution in [2.75, 3.05) is 19.5 Å². The largest absolute Gasteiger partial charge is 0.378 e. The fourth-order valence-electron chi connectivity index (χ4n) is 1.56. The van der Waals surface area contributed by atoms with Gasteiger partial charge in [0, 0.05) is 25.8 Å². The smallest absolute Gasteiger partial charge is 0.161 e. The first-order valence-corrected chi connectivity index (χ1v) is 5.43. The van der Waals surface area contributed by atoms with Crippen LogP contribution in [-0.2, 0) is 11.3 Å². The van der Waals surface area contributed by atoms with E-state index in [1.54, 1.807) is 7.11 Å². The summed E-state index contributed by atoms with van der Waals surface area (Å²) in [5.41, 5.74) is 1.87. The molecule has 0 aliphatic carbocycles. The third-order valence-corrected chi connectivity index (χ3v) is 2.36. The summed E-state index contributed by atoms with van der Waals surface area (Å²) in [6.45, 7) is 0.483. The standard InChI is InChI=1S/C13H15N3O/c1-14-12-8-11(9-17-2)15-13(16-12)10-6-4-3-5-7-10/h3-8H,9H2,1-2H3,(H,14,15,16). The first kappa shape index (κ1) is 11.5. The van der Waals surface area contributed by atoms with Crippen molar-refractivity contribution in [2.24, 2.45) is 0 Å². The lowest BCUT2D eigenvalue weighted by atomic mass is 10.2. The number of nitrogens with zero attached hydrogens (tertiary/aromatic N) is 2. The van der Waals surface area contributed by atoms with Gasteiger partial charge in [-0.15, -0.1) is 0 Å². The maximum absolute atomic E-state index is 5.10. The molecule has 0 aliphatic rings. The molecule has 0 saturated heterocycles. The molecule has 0 amide bonds. The van der Waals surface area contributed by atoms with Crippen LogP contribution in [0.2, 0.25) is 0 Å². The van der Waals surface area contributed by atoms with E-state index >= 15 is 0 Å². The Bertz CT molecular complexity index is 485. The number of ether oxygens (including phenoxy) is 1. The summed E-state index contributed by atoms with van der Waals surface area (Å²) < 4.78 is 5.10. The van der Waals surface area contributed by atoms with Crippen molar-refractivity contribution in [3.63, 3.8) is 0 Å². The molecule has 4 nitrogen and oxygen atoms in total. The first-order chi connectivity index (χ1) is 8.33. The Kier molecular flexibility index (Phi) is 3.67. The van der Waals surface area contributed by atoms with Gasteiger partial charge in [-0.1, -0.05) is 30.3 Å². The average molecular weight is 229 g/mol. The fourth-order valence-corrected chi connectivity index (χ4v) is 1.56. The molecule has 0 bridgehead atoms. The number of hydrogen-bond acceptors (Lipinski definition) is 4. The van der Waals surface area contributed by atoms with Gasteiger partial charge in [0.1, 0.15) is 5.82 Å². The van der Waals surface area contributed by atoms with Crippen molar-refractivity contribution >= 4 is 5.82 Å². The number of methoxy groups -OCH3 is 1. The lowest BCUT2D eigenvalue weighted by molar-refractivity contribution is 0.181. The molecule has 1 aromatic heterocycles.